The number of allylic oxidation sites excluding steroid dienone is 2. The highest BCUT2D eigenvalue weighted by atomic mass is 16.5. The predicted molar refractivity (Wildman–Crippen MR) is 179 cm³/mol. The van der Waals surface area contributed by atoms with Crippen LogP contribution in [0, 0.1) is 17.8 Å². The van der Waals surface area contributed by atoms with Crippen molar-refractivity contribution in [1.29, 1.82) is 0 Å². The van der Waals surface area contributed by atoms with Gasteiger partial charge in [0.15, 0.2) is 0 Å². The highest BCUT2D eigenvalue weighted by molar-refractivity contribution is 5.87. The van der Waals surface area contributed by atoms with Gasteiger partial charge in [0.1, 0.15) is 18.4 Å². The number of aromatic nitrogens is 2. The lowest BCUT2D eigenvalue weighted by Crippen LogP contribution is -2.49. The zero-order valence-electron chi connectivity index (χ0n) is 28.0. The number of carbonyl (C=O) groups is 3. The quantitative estimate of drug-likeness (QED) is 0.0767. The van der Waals surface area contributed by atoms with Gasteiger partial charge in [-0.05, 0) is 77.2 Å². The maximum absolute atomic E-state index is 13.5. The molecule has 0 bridgehead atoms. The molecule has 1 heterocycles. The zero-order chi connectivity index (χ0) is 34.2. The number of hydrogen-bond donors (Lipinski definition) is 5. The van der Waals surface area contributed by atoms with Crippen LogP contribution >= 0.6 is 0 Å². The molecule has 1 amide bonds. The van der Waals surface area contributed by atoms with E-state index in [4.69, 9.17) is 15.2 Å². The van der Waals surface area contributed by atoms with Crippen molar-refractivity contribution in [3.05, 3.63) is 66.3 Å². The van der Waals surface area contributed by atoms with Gasteiger partial charge in [-0.3, -0.25) is 4.79 Å². The second-order valence-electron chi connectivity index (χ2n) is 13.1. The van der Waals surface area contributed by atoms with Gasteiger partial charge < -0.3 is 40.5 Å². The van der Waals surface area contributed by atoms with Gasteiger partial charge >= 0.3 is 5.97 Å². The monoisotopic (exact) mass is 654 g/mol. The van der Waals surface area contributed by atoms with Crippen molar-refractivity contribution in [1.82, 2.24) is 15.3 Å². The van der Waals surface area contributed by atoms with Gasteiger partial charge in [0.2, 0.25) is 5.91 Å². The number of amides is 1. The Balaban J connectivity index is 1.68. The van der Waals surface area contributed by atoms with Crippen LogP contribution in [0.25, 0.3) is 0 Å². The van der Waals surface area contributed by atoms with Crippen molar-refractivity contribution in [2.75, 3.05) is 6.61 Å². The van der Waals surface area contributed by atoms with E-state index in [0.717, 1.165) is 18.3 Å². The molecular weight excluding hydrogens is 600 g/mol. The summed E-state index contributed by atoms with van der Waals surface area (Å²) in [4.78, 5) is 44.4. The second kappa shape index (κ2) is 20.1. The molecule has 1 aliphatic carbocycles. The molecule has 1 saturated carbocycles. The summed E-state index contributed by atoms with van der Waals surface area (Å²) in [6, 6.07) is 8.19. The lowest BCUT2D eigenvalue weighted by Gasteiger charge is -2.27. The fourth-order valence-corrected chi connectivity index (χ4v) is 6.06. The van der Waals surface area contributed by atoms with Gasteiger partial charge in [-0.1, -0.05) is 42.5 Å². The molecular formula is C36H54N4O7. The normalized spacial score (nSPS) is 22.2. The van der Waals surface area contributed by atoms with E-state index in [1.54, 1.807) is 6.20 Å². The molecule has 1 fully saturated rings. The standard InChI is InChI=1S/C36H54N4O7/c1-24(2)46-22-27(21-41)12-8-5-9-13-30-31(17-16-29(42)15-14-26-10-6-4-7-11-26)34(19-33(30)43)47-36(45)32(40-35(44)25(3)37)18-28-20-38-23-39-28/h4-7,9-11,20-21,23-25,27,29-34,42-43H,8,12-19,22,37H2,1-3H3,(H,38,39)(H,40,44)/b9-5-/t25?,27?,29-,30+,31+,32?,33-,34+/m0/s1. The minimum absolute atomic E-state index is 0.0638. The van der Waals surface area contributed by atoms with Crippen molar-refractivity contribution in [3.8, 4) is 0 Å². The van der Waals surface area contributed by atoms with E-state index in [9.17, 15) is 24.6 Å². The number of hydrogen-bond acceptors (Lipinski definition) is 9. The van der Waals surface area contributed by atoms with E-state index < -0.39 is 42.3 Å². The van der Waals surface area contributed by atoms with Crippen LogP contribution in [0.5, 0.6) is 0 Å². The number of aldehydes is 1. The van der Waals surface area contributed by atoms with Crippen LogP contribution in [0.2, 0.25) is 0 Å². The Morgan fingerprint density at radius 3 is 2.55 bits per heavy atom. The number of H-pyrrole nitrogens is 1. The highest BCUT2D eigenvalue weighted by Gasteiger charge is 2.44. The van der Waals surface area contributed by atoms with Crippen LogP contribution < -0.4 is 11.1 Å². The van der Waals surface area contributed by atoms with Crippen LogP contribution in [0.4, 0.5) is 0 Å². The first-order chi connectivity index (χ1) is 22.6. The molecule has 11 heteroatoms. The molecule has 1 aromatic heterocycles. The number of esters is 1. The van der Waals surface area contributed by atoms with Crippen LogP contribution in [0.3, 0.4) is 0 Å². The number of nitrogens with zero attached hydrogens (tertiary/aromatic N) is 1. The molecule has 1 aliphatic rings. The Labute approximate surface area is 278 Å². The van der Waals surface area contributed by atoms with Gasteiger partial charge in [0, 0.05) is 36.6 Å². The molecule has 8 atom stereocenters. The summed E-state index contributed by atoms with van der Waals surface area (Å²) in [6.07, 6.45) is 11.0. The average Bonchev–Trinajstić information content (AvgIpc) is 3.67. The molecule has 11 nitrogen and oxygen atoms in total. The first-order valence-corrected chi connectivity index (χ1v) is 16.9. The maximum atomic E-state index is 13.5. The number of rotatable bonds is 21. The number of aryl methyl sites for hydroxylation is 1. The van der Waals surface area contributed by atoms with Crippen molar-refractivity contribution < 1.29 is 34.1 Å². The Kier molecular flexibility index (Phi) is 16.3. The topological polar surface area (TPSA) is 177 Å². The van der Waals surface area contributed by atoms with Gasteiger partial charge in [-0.2, -0.15) is 0 Å². The molecule has 47 heavy (non-hydrogen) atoms. The van der Waals surface area contributed by atoms with E-state index in [2.05, 4.69) is 15.3 Å². The Morgan fingerprint density at radius 2 is 1.89 bits per heavy atom. The molecule has 6 N–H and O–H groups in total. The third-order valence-electron chi connectivity index (χ3n) is 8.81. The smallest absolute Gasteiger partial charge is 0.329 e. The minimum atomic E-state index is -0.993. The summed E-state index contributed by atoms with van der Waals surface area (Å²) in [5.74, 6) is -1.66. The average molecular weight is 655 g/mol. The van der Waals surface area contributed by atoms with Crippen molar-refractivity contribution >= 4 is 18.2 Å². The molecule has 0 saturated heterocycles. The Morgan fingerprint density at radius 1 is 1.13 bits per heavy atom. The van der Waals surface area contributed by atoms with Crippen LogP contribution in [0.15, 0.2) is 55.0 Å². The van der Waals surface area contributed by atoms with Crippen molar-refractivity contribution in [2.45, 2.75) is 115 Å². The fourth-order valence-electron chi connectivity index (χ4n) is 6.06. The summed E-state index contributed by atoms with van der Waals surface area (Å²) in [5, 5.41) is 24.8. The molecule has 0 spiro atoms. The van der Waals surface area contributed by atoms with Crippen molar-refractivity contribution in [2.24, 2.45) is 23.5 Å². The summed E-state index contributed by atoms with van der Waals surface area (Å²) < 4.78 is 11.6. The lowest BCUT2D eigenvalue weighted by atomic mass is 9.85. The van der Waals surface area contributed by atoms with Gasteiger partial charge in [0.05, 0.1) is 37.3 Å². The molecule has 1 aromatic carbocycles. The maximum Gasteiger partial charge on any atom is 0.329 e. The van der Waals surface area contributed by atoms with Crippen molar-refractivity contribution in [3.63, 3.8) is 0 Å². The summed E-state index contributed by atoms with van der Waals surface area (Å²) in [6.45, 7) is 5.81. The Hall–Kier alpha value is -3.38. The van der Waals surface area contributed by atoms with E-state index in [-0.39, 0.29) is 36.7 Å². The molecule has 3 rings (SSSR count). The third-order valence-corrected chi connectivity index (χ3v) is 8.81. The number of benzene rings is 1. The first kappa shape index (κ1) is 38.1. The highest BCUT2D eigenvalue weighted by Crippen LogP contribution is 2.40. The number of ether oxygens (including phenoxy) is 2. The number of imidazole rings is 1. The molecule has 0 aliphatic heterocycles. The predicted octanol–water partition coefficient (Wildman–Crippen LogP) is 3.43. The van der Waals surface area contributed by atoms with Crippen LogP contribution in [-0.4, -0.2) is 81.5 Å². The number of aliphatic hydroxyl groups is 2. The molecule has 3 unspecified atom stereocenters. The lowest BCUT2D eigenvalue weighted by molar-refractivity contribution is -0.155. The fraction of sp³-hybridized carbons (Fsp3) is 0.611. The van der Waals surface area contributed by atoms with E-state index in [1.165, 1.54) is 13.3 Å². The molecule has 2 aromatic rings. The second-order valence-corrected chi connectivity index (χ2v) is 13.1. The first-order valence-electron chi connectivity index (χ1n) is 16.9. The number of aromatic amines is 1. The van der Waals surface area contributed by atoms with Crippen LogP contribution in [0.1, 0.15) is 77.0 Å². The summed E-state index contributed by atoms with van der Waals surface area (Å²) in [7, 11) is 0. The van der Waals surface area contributed by atoms with Gasteiger partial charge in [-0.15, -0.1) is 0 Å². The Bertz CT molecular complexity index is 1220. The largest absolute Gasteiger partial charge is 0.460 e. The summed E-state index contributed by atoms with van der Waals surface area (Å²) in [5.41, 5.74) is 7.56. The van der Waals surface area contributed by atoms with E-state index in [0.29, 0.717) is 50.8 Å². The zero-order valence-corrected chi connectivity index (χ0v) is 28.0. The number of carbonyl (C=O) groups excluding carboxylic acids is 3. The third kappa shape index (κ3) is 13.3. The molecule has 0 radical (unpaired) electrons. The van der Waals surface area contributed by atoms with E-state index >= 15 is 0 Å². The van der Waals surface area contributed by atoms with Gasteiger partial charge in [-0.25, -0.2) is 9.78 Å². The van der Waals surface area contributed by atoms with Gasteiger partial charge in [0.25, 0.3) is 0 Å². The number of nitrogens with one attached hydrogen (secondary N) is 2. The minimum Gasteiger partial charge on any atom is -0.460 e. The van der Waals surface area contributed by atoms with E-state index in [1.807, 2.05) is 56.3 Å². The van der Waals surface area contributed by atoms with Crippen LogP contribution in [-0.2, 0) is 36.7 Å². The summed E-state index contributed by atoms with van der Waals surface area (Å²) >= 11 is 0. The number of nitrogens with two attached hydrogens (primary N) is 1. The molecule has 260 valence electrons. The SMILES string of the molecule is CC(C)OCC(C=O)CC/C=C\C[C@@H]1[C@@H](CC[C@@H](O)CCc2ccccc2)[C@H](OC(=O)C(Cc2cnc[nH]2)NC(=O)C(C)N)C[C@@H]1O. The number of aliphatic hydroxyl groups excluding tert-OH is 2.